The first kappa shape index (κ1) is 25.7. The monoisotopic (exact) mass is 494 g/mol. The molecule has 4 N–H and O–H groups in total. The van der Waals surface area contributed by atoms with E-state index in [2.05, 4.69) is 4.98 Å². The molecule has 1 aliphatic heterocycles. The predicted octanol–water partition coefficient (Wildman–Crippen LogP) is 2.20. The van der Waals surface area contributed by atoms with Crippen molar-refractivity contribution in [1.29, 1.82) is 0 Å². The van der Waals surface area contributed by atoms with Gasteiger partial charge in [0.25, 0.3) is 5.60 Å². The number of hydrogen-bond acceptors (Lipinski definition) is 9. The molecule has 190 valence electrons. The molecule has 9 nitrogen and oxygen atoms in total. The molecule has 9 heteroatoms. The van der Waals surface area contributed by atoms with Crippen molar-refractivity contribution < 1.29 is 34.1 Å². The van der Waals surface area contributed by atoms with Crippen molar-refractivity contribution in [3.05, 3.63) is 70.4 Å². The number of pyridine rings is 1. The zero-order chi connectivity index (χ0) is 25.9. The van der Waals surface area contributed by atoms with Gasteiger partial charge in [0.15, 0.2) is 11.4 Å². The maximum absolute atomic E-state index is 13.7. The minimum Gasteiger partial charge on any atom is -0.463 e. The number of nitrogens with two attached hydrogens (primary N) is 1. The van der Waals surface area contributed by atoms with Gasteiger partial charge < -0.3 is 25.4 Å². The third-order valence-corrected chi connectivity index (χ3v) is 6.92. The predicted molar refractivity (Wildman–Crippen MR) is 130 cm³/mol. The van der Waals surface area contributed by atoms with Gasteiger partial charge in [0.05, 0.1) is 13.2 Å². The Morgan fingerprint density at radius 1 is 1.11 bits per heavy atom. The number of benzene rings is 1. The highest BCUT2D eigenvalue weighted by Crippen LogP contribution is 2.59. The van der Waals surface area contributed by atoms with Crippen LogP contribution in [0, 0.1) is 0 Å². The molecule has 0 amide bonds. The lowest BCUT2D eigenvalue weighted by atomic mass is 9.71. The number of aromatic nitrogens is 1. The van der Waals surface area contributed by atoms with Gasteiger partial charge in [0, 0.05) is 30.4 Å². The first-order chi connectivity index (χ1) is 17.3. The average Bonchev–Trinajstić information content (AvgIpc) is 3.59. The van der Waals surface area contributed by atoms with E-state index in [1.165, 1.54) is 6.07 Å². The molecular weight excluding hydrogens is 464 g/mol. The Bertz CT molecular complexity index is 1220. The number of Topliss-reactive ketones (excluding diaryl/α,β-unsaturated/α-hetero) is 2. The van der Waals surface area contributed by atoms with Crippen LogP contribution in [-0.4, -0.2) is 63.8 Å². The Labute approximate surface area is 208 Å². The van der Waals surface area contributed by atoms with Gasteiger partial charge in [-0.15, -0.1) is 0 Å². The maximum atomic E-state index is 13.7. The van der Waals surface area contributed by atoms with Gasteiger partial charge in [0.2, 0.25) is 5.78 Å². The Kier molecular flexibility index (Phi) is 7.35. The molecule has 1 aromatic heterocycles. The number of epoxide rings is 1. The lowest BCUT2D eigenvalue weighted by Crippen LogP contribution is -2.51. The molecule has 36 heavy (non-hydrogen) atoms. The Morgan fingerprint density at radius 2 is 1.83 bits per heavy atom. The number of nitrogens with zero attached hydrogens (tertiary/aromatic N) is 1. The maximum Gasteiger partial charge on any atom is 0.350 e. The van der Waals surface area contributed by atoms with Gasteiger partial charge in [-0.3, -0.25) is 9.59 Å². The summed E-state index contributed by atoms with van der Waals surface area (Å²) in [5.41, 5.74) is 4.51. The summed E-state index contributed by atoms with van der Waals surface area (Å²) in [7, 11) is 0. The van der Waals surface area contributed by atoms with Gasteiger partial charge in [-0.2, -0.15) is 0 Å². The van der Waals surface area contributed by atoms with Crippen LogP contribution in [0.4, 0.5) is 5.82 Å². The van der Waals surface area contributed by atoms with Crippen molar-refractivity contribution in [3.8, 4) is 0 Å². The first-order valence-corrected chi connectivity index (χ1v) is 12.0. The molecule has 0 bridgehead atoms. The van der Waals surface area contributed by atoms with Gasteiger partial charge in [-0.1, -0.05) is 29.8 Å². The fraction of sp³-hybridized carbons (Fsp3) is 0.407. The number of aliphatic hydroxyl groups excluding tert-OH is 2. The number of ether oxygens (including phenoxy) is 2. The standard InChI is InChI=1S/C27H30N2O7/c1-17(8-9-18-10-11-29-22(28)14-18)19(16-31)15-26-23(32)20-6-2-3-7-21(20)24(33)27(26,36-26)25(34)35-13-5-4-12-30/h2-3,6-7,10-11,14,30-31H,4-5,8-9,12-13,15-16H2,1H3,(H2,28,29)/b19-17-/t26-,27-/m0/s1. The molecule has 1 saturated heterocycles. The fourth-order valence-electron chi connectivity index (χ4n) is 4.78. The fourth-order valence-corrected chi connectivity index (χ4v) is 4.78. The van der Waals surface area contributed by atoms with Crippen molar-refractivity contribution in [1.82, 2.24) is 4.98 Å². The number of ketones is 2. The quantitative estimate of drug-likeness (QED) is 0.140. The van der Waals surface area contributed by atoms with Crippen LogP contribution in [0.5, 0.6) is 0 Å². The Morgan fingerprint density at radius 3 is 2.50 bits per heavy atom. The van der Waals surface area contributed by atoms with E-state index in [1.807, 2.05) is 13.0 Å². The van der Waals surface area contributed by atoms with E-state index in [-0.39, 0.29) is 37.4 Å². The second-order valence-electron chi connectivity index (χ2n) is 9.19. The number of rotatable bonds is 11. The molecule has 0 radical (unpaired) electrons. The number of unbranched alkanes of at least 4 members (excludes halogenated alkanes) is 1. The summed E-state index contributed by atoms with van der Waals surface area (Å²) in [6.45, 7) is 1.41. The van der Waals surface area contributed by atoms with Crippen molar-refractivity contribution in [2.24, 2.45) is 0 Å². The van der Waals surface area contributed by atoms with E-state index in [4.69, 9.17) is 20.3 Å². The summed E-state index contributed by atoms with van der Waals surface area (Å²) in [6.07, 6.45) is 3.54. The number of hydrogen-bond donors (Lipinski definition) is 3. The van der Waals surface area contributed by atoms with Crippen LogP contribution in [0.2, 0.25) is 0 Å². The summed E-state index contributed by atoms with van der Waals surface area (Å²) in [5.74, 6) is -1.61. The molecule has 1 fully saturated rings. The molecule has 0 spiro atoms. The van der Waals surface area contributed by atoms with Gasteiger partial charge in [-0.05, 0) is 55.9 Å². The topological polar surface area (TPSA) is 152 Å². The normalized spacial score (nSPS) is 23.0. The van der Waals surface area contributed by atoms with Crippen LogP contribution >= 0.6 is 0 Å². The second-order valence-corrected chi connectivity index (χ2v) is 9.19. The first-order valence-electron chi connectivity index (χ1n) is 12.0. The van der Waals surface area contributed by atoms with Crippen molar-refractivity contribution in [3.63, 3.8) is 0 Å². The number of aliphatic hydroxyl groups is 2. The van der Waals surface area contributed by atoms with E-state index < -0.39 is 28.7 Å². The lowest BCUT2D eigenvalue weighted by Gasteiger charge is -2.25. The van der Waals surface area contributed by atoms with Crippen LogP contribution in [0.15, 0.2) is 53.7 Å². The van der Waals surface area contributed by atoms with Crippen LogP contribution < -0.4 is 5.73 Å². The van der Waals surface area contributed by atoms with Crippen LogP contribution in [0.1, 0.15) is 58.9 Å². The largest absolute Gasteiger partial charge is 0.463 e. The lowest BCUT2D eigenvalue weighted by molar-refractivity contribution is -0.148. The highest BCUT2D eigenvalue weighted by atomic mass is 16.7. The number of carbonyl (C=O) groups is 3. The van der Waals surface area contributed by atoms with Crippen LogP contribution in [-0.2, 0) is 20.7 Å². The molecule has 0 saturated carbocycles. The molecule has 2 aromatic rings. The van der Waals surface area contributed by atoms with Gasteiger partial charge >= 0.3 is 5.97 Å². The number of carbonyl (C=O) groups excluding carboxylic acids is 3. The highest BCUT2D eigenvalue weighted by molar-refractivity contribution is 6.32. The number of anilines is 1. The third kappa shape index (κ3) is 4.34. The Balaban J connectivity index is 1.64. The highest BCUT2D eigenvalue weighted by Gasteiger charge is 2.85. The zero-order valence-corrected chi connectivity index (χ0v) is 20.2. The van der Waals surface area contributed by atoms with Crippen molar-refractivity contribution in [2.75, 3.05) is 25.6 Å². The van der Waals surface area contributed by atoms with Crippen LogP contribution in [0.3, 0.4) is 0 Å². The van der Waals surface area contributed by atoms with E-state index in [0.717, 1.165) is 11.1 Å². The molecule has 4 rings (SSSR count). The summed E-state index contributed by atoms with van der Waals surface area (Å²) < 4.78 is 11.2. The molecule has 1 aromatic carbocycles. The molecule has 2 heterocycles. The number of esters is 1. The van der Waals surface area contributed by atoms with Gasteiger partial charge in [-0.25, -0.2) is 9.78 Å². The smallest absolute Gasteiger partial charge is 0.350 e. The minimum atomic E-state index is -2.09. The zero-order valence-electron chi connectivity index (χ0n) is 20.2. The molecule has 2 atom stereocenters. The van der Waals surface area contributed by atoms with E-state index >= 15 is 0 Å². The van der Waals surface area contributed by atoms with E-state index in [1.54, 1.807) is 30.5 Å². The molecule has 0 unspecified atom stereocenters. The number of aryl methyl sites for hydroxylation is 1. The van der Waals surface area contributed by atoms with Gasteiger partial charge in [0.1, 0.15) is 5.82 Å². The Hall–Kier alpha value is -3.40. The summed E-state index contributed by atoms with van der Waals surface area (Å²) in [6, 6.07) is 9.92. The molecule has 2 aliphatic rings. The van der Waals surface area contributed by atoms with Crippen molar-refractivity contribution >= 4 is 23.4 Å². The second kappa shape index (κ2) is 10.3. The third-order valence-electron chi connectivity index (χ3n) is 6.92. The summed E-state index contributed by atoms with van der Waals surface area (Å²) in [4.78, 5) is 44.4. The number of allylic oxidation sites excluding steroid dienone is 1. The molecular formula is C27H30N2O7. The number of nitrogen functional groups attached to an aromatic ring is 1. The summed E-state index contributed by atoms with van der Waals surface area (Å²) >= 11 is 0. The molecule has 1 aliphatic carbocycles. The average molecular weight is 495 g/mol. The van der Waals surface area contributed by atoms with Crippen molar-refractivity contribution in [2.45, 2.75) is 50.2 Å². The van der Waals surface area contributed by atoms with E-state index in [0.29, 0.717) is 37.1 Å². The van der Waals surface area contributed by atoms with Crippen LogP contribution in [0.25, 0.3) is 0 Å². The summed E-state index contributed by atoms with van der Waals surface area (Å²) in [5, 5.41) is 19.2. The van der Waals surface area contributed by atoms with E-state index in [9.17, 15) is 19.5 Å². The minimum absolute atomic E-state index is 0.0134. The number of fused-ring (bicyclic) bond motifs is 2. The SMILES string of the molecule is C/C(CCc1ccnc(N)c1)=C(/CO)C[C@@]12O[C@]1(C(=O)OCCCCO)C(=O)c1ccccc1C2=O.